The molecule has 0 spiro atoms. The van der Waals surface area contributed by atoms with E-state index in [0.717, 1.165) is 23.6 Å². The minimum Gasteiger partial charge on any atom is -0.480 e. The van der Waals surface area contributed by atoms with Crippen LogP contribution in [-0.4, -0.2) is 64.1 Å². The number of hydrogen-bond donors (Lipinski definition) is 1. The molecule has 0 aliphatic carbocycles. The van der Waals surface area contributed by atoms with Crippen molar-refractivity contribution in [3.8, 4) is 0 Å². The van der Waals surface area contributed by atoms with Gasteiger partial charge in [0.15, 0.2) is 0 Å². The highest BCUT2D eigenvalue weighted by atomic mass is 35.5. The van der Waals surface area contributed by atoms with Gasteiger partial charge in [-0.05, 0) is 48.4 Å². The topological polar surface area (TPSA) is 65.8 Å². The van der Waals surface area contributed by atoms with Crippen LogP contribution in [0.4, 0.5) is 8.78 Å². The van der Waals surface area contributed by atoms with Crippen LogP contribution >= 0.6 is 23.2 Å². The van der Waals surface area contributed by atoms with Gasteiger partial charge in [0.25, 0.3) is 11.8 Å². The fraction of sp³-hybridized carbons (Fsp3) is 0.385. The number of aryl methyl sites for hydroxylation is 2. The molecule has 1 amide bonds. The second-order valence-electron chi connectivity index (χ2n) is 9.34. The van der Waals surface area contributed by atoms with Crippen molar-refractivity contribution < 1.29 is 23.5 Å². The van der Waals surface area contributed by atoms with Gasteiger partial charge in [0.1, 0.15) is 0 Å². The Bertz CT molecular complexity index is 1340. The van der Waals surface area contributed by atoms with Crippen molar-refractivity contribution >= 4 is 46.0 Å². The Morgan fingerprint density at radius 2 is 1.75 bits per heavy atom. The van der Waals surface area contributed by atoms with E-state index in [2.05, 4.69) is 0 Å². The summed E-state index contributed by atoms with van der Waals surface area (Å²) in [6.45, 7) is 4.34. The normalized spacial score (nSPS) is 15.0. The van der Waals surface area contributed by atoms with E-state index in [4.69, 9.17) is 28.3 Å². The lowest BCUT2D eigenvalue weighted by Gasteiger charge is -2.34. The first-order chi connectivity index (χ1) is 16.9. The number of carbonyl (C=O) groups excluding carboxylic acids is 1. The molecule has 1 aliphatic heterocycles. The van der Waals surface area contributed by atoms with E-state index >= 15 is 0 Å². The second kappa shape index (κ2) is 10.00. The van der Waals surface area contributed by atoms with Crippen LogP contribution in [0.25, 0.3) is 10.9 Å². The van der Waals surface area contributed by atoms with E-state index in [9.17, 15) is 18.4 Å². The highest BCUT2D eigenvalue weighted by Crippen LogP contribution is 2.35. The van der Waals surface area contributed by atoms with Gasteiger partial charge in [-0.1, -0.05) is 23.2 Å². The van der Waals surface area contributed by atoms with Crippen molar-refractivity contribution in [2.24, 2.45) is 7.05 Å². The summed E-state index contributed by atoms with van der Waals surface area (Å²) in [5.41, 5.74) is 3.10. The Hall–Kier alpha value is -2.68. The summed E-state index contributed by atoms with van der Waals surface area (Å²) in [6, 6.07) is 8.17. The fourth-order valence-corrected chi connectivity index (χ4v) is 5.25. The third-order valence-electron chi connectivity index (χ3n) is 6.77. The van der Waals surface area contributed by atoms with Crippen molar-refractivity contribution in [3.63, 3.8) is 0 Å². The van der Waals surface area contributed by atoms with Gasteiger partial charge in [0.2, 0.25) is 0 Å². The number of aliphatic carboxylic acids is 1. The standard InChI is InChI=1S/C26H27Cl2F2N3O3/c1-15-10-16(26(2,29)30)11-22-19(15)12-17(31(22)3)13-20-21(27)5-4-18(24(20)28)25(36)33-8-6-32(7-9-33)14-23(34)35/h4-5,10-12H,6-9,13-14H2,1-3H3,(H,34,35). The zero-order valence-electron chi connectivity index (χ0n) is 20.2. The Balaban J connectivity index is 1.62. The molecule has 1 saturated heterocycles. The highest BCUT2D eigenvalue weighted by Gasteiger charge is 2.28. The molecular weight excluding hydrogens is 511 g/mol. The summed E-state index contributed by atoms with van der Waals surface area (Å²) < 4.78 is 29.8. The largest absolute Gasteiger partial charge is 0.480 e. The molecule has 2 aromatic carbocycles. The van der Waals surface area contributed by atoms with Crippen molar-refractivity contribution in [2.75, 3.05) is 32.7 Å². The molecule has 4 rings (SSSR count). The molecule has 36 heavy (non-hydrogen) atoms. The molecule has 2 heterocycles. The quantitative estimate of drug-likeness (QED) is 0.461. The van der Waals surface area contributed by atoms with Crippen LogP contribution < -0.4 is 0 Å². The Labute approximate surface area is 218 Å². The number of halogens is 4. The average Bonchev–Trinajstić information content (AvgIpc) is 3.12. The lowest BCUT2D eigenvalue weighted by Crippen LogP contribution is -2.50. The maximum Gasteiger partial charge on any atom is 0.317 e. The van der Waals surface area contributed by atoms with Crippen LogP contribution in [0.5, 0.6) is 0 Å². The minimum atomic E-state index is -2.95. The molecule has 1 aromatic heterocycles. The third-order valence-corrected chi connectivity index (χ3v) is 7.55. The Morgan fingerprint density at radius 3 is 2.36 bits per heavy atom. The van der Waals surface area contributed by atoms with Gasteiger partial charge in [-0.2, -0.15) is 0 Å². The number of benzene rings is 2. The highest BCUT2D eigenvalue weighted by molar-refractivity contribution is 6.38. The summed E-state index contributed by atoms with van der Waals surface area (Å²) in [7, 11) is 1.81. The molecule has 1 fully saturated rings. The van der Waals surface area contributed by atoms with E-state index < -0.39 is 11.9 Å². The van der Waals surface area contributed by atoms with Crippen molar-refractivity contribution in [2.45, 2.75) is 26.2 Å². The molecule has 0 unspecified atom stereocenters. The molecule has 1 aliphatic rings. The van der Waals surface area contributed by atoms with Gasteiger partial charge in [-0.25, -0.2) is 8.78 Å². The second-order valence-corrected chi connectivity index (χ2v) is 10.1. The van der Waals surface area contributed by atoms with E-state index in [1.165, 1.54) is 12.1 Å². The summed E-state index contributed by atoms with van der Waals surface area (Å²) in [4.78, 5) is 27.6. The third kappa shape index (κ3) is 5.21. The number of amides is 1. The molecule has 1 N–H and O–H groups in total. The monoisotopic (exact) mass is 537 g/mol. The number of fused-ring (bicyclic) bond motifs is 1. The zero-order valence-corrected chi connectivity index (χ0v) is 21.8. The smallest absolute Gasteiger partial charge is 0.317 e. The minimum absolute atomic E-state index is 0.0487. The number of carboxylic acids is 1. The molecule has 10 heteroatoms. The van der Waals surface area contributed by atoms with Gasteiger partial charge in [-0.3, -0.25) is 14.5 Å². The molecule has 0 radical (unpaired) electrons. The number of aromatic nitrogens is 1. The van der Waals surface area contributed by atoms with Crippen LogP contribution in [0.3, 0.4) is 0 Å². The number of carbonyl (C=O) groups is 2. The first-order valence-electron chi connectivity index (χ1n) is 11.5. The van der Waals surface area contributed by atoms with Gasteiger partial charge >= 0.3 is 5.97 Å². The maximum absolute atomic E-state index is 14.0. The molecular formula is C26H27Cl2F2N3O3. The van der Waals surface area contributed by atoms with Crippen LogP contribution in [0.15, 0.2) is 30.3 Å². The lowest BCUT2D eigenvalue weighted by molar-refractivity contribution is -0.138. The van der Waals surface area contributed by atoms with Crippen molar-refractivity contribution in [3.05, 3.63) is 68.3 Å². The van der Waals surface area contributed by atoms with E-state index in [1.54, 1.807) is 28.9 Å². The predicted molar refractivity (Wildman–Crippen MR) is 136 cm³/mol. The first-order valence-corrected chi connectivity index (χ1v) is 12.3. The summed E-state index contributed by atoms with van der Waals surface area (Å²) in [6.07, 6.45) is 0.313. The molecule has 0 atom stereocenters. The number of rotatable bonds is 6. The van der Waals surface area contributed by atoms with Gasteiger partial charge in [0, 0.05) is 73.8 Å². The van der Waals surface area contributed by atoms with Crippen molar-refractivity contribution in [1.82, 2.24) is 14.4 Å². The molecule has 6 nitrogen and oxygen atoms in total. The molecule has 3 aromatic rings. The van der Waals surface area contributed by atoms with Crippen LogP contribution in [0.2, 0.25) is 10.0 Å². The molecule has 192 valence electrons. The molecule has 0 bridgehead atoms. The average molecular weight is 538 g/mol. The fourth-order valence-electron chi connectivity index (χ4n) is 4.66. The van der Waals surface area contributed by atoms with Gasteiger partial charge < -0.3 is 14.6 Å². The van der Waals surface area contributed by atoms with E-state index in [-0.39, 0.29) is 23.0 Å². The predicted octanol–water partition coefficient (Wildman–Crippen LogP) is 5.34. The summed E-state index contributed by atoms with van der Waals surface area (Å²) >= 11 is 13.2. The molecule has 0 saturated carbocycles. The van der Waals surface area contributed by atoms with E-state index in [1.807, 2.05) is 17.7 Å². The summed E-state index contributed by atoms with van der Waals surface area (Å²) in [5, 5.41) is 10.5. The lowest BCUT2D eigenvalue weighted by atomic mass is 10.0. The van der Waals surface area contributed by atoms with E-state index in [0.29, 0.717) is 54.3 Å². The SMILES string of the molecule is Cc1cc(C(C)(F)F)cc2c1cc(Cc1c(Cl)ccc(C(=O)N3CCN(CC(=O)O)CC3)c1Cl)n2C. The van der Waals surface area contributed by atoms with Crippen molar-refractivity contribution in [1.29, 1.82) is 0 Å². The number of nitrogens with zero attached hydrogens (tertiary/aromatic N) is 3. The number of piperazine rings is 1. The van der Waals surface area contributed by atoms with Crippen LogP contribution in [0.1, 0.15) is 39.7 Å². The maximum atomic E-state index is 14.0. The van der Waals surface area contributed by atoms with Gasteiger partial charge in [0.05, 0.1) is 17.1 Å². The Kier molecular flexibility index (Phi) is 7.33. The first kappa shape index (κ1) is 26.4. The van der Waals surface area contributed by atoms with Crippen LogP contribution in [-0.2, 0) is 24.2 Å². The number of alkyl halides is 2. The zero-order chi connectivity index (χ0) is 26.4. The van der Waals surface area contributed by atoms with Crippen LogP contribution in [0, 0.1) is 6.92 Å². The number of hydrogen-bond acceptors (Lipinski definition) is 3. The Morgan fingerprint density at radius 1 is 1.08 bits per heavy atom. The van der Waals surface area contributed by atoms with Gasteiger partial charge in [-0.15, -0.1) is 0 Å². The number of carboxylic acid groups (broad SMARTS) is 1. The summed E-state index contributed by atoms with van der Waals surface area (Å²) in [5.74, 6) is -4.09.